The number of hydrogen-bond acceptors (Lipinski definition) is 7. The number of nitro groups is 1. The number of halogens is 1. The Morgan fingerprint density at radius 1 is 1.17 bits per heavy atom. The lowest BCUT2D eigenvalue weighted by molar-refractivity contribution is -0.385. The second kappa shape index (κ2) is 8.99. The average Bonchev–Trinajstić information content (AvgIpc) is 3.27. The molecule has 2 aromatic heterocycles. The maximum Gasteiger partial charge on any atom is 0.275 e. The van der Waals surface area contributed by atoms with E-state index in [-0.39, 0.29) is 11.3 Å². The minimum absolute atomic E-state index is 0.135. The van der Waals surface area contributed by atoms with Crippen molar-refractivity contribution < 1.29 is 9.72 Å². The molecule has 4 aromatic rings. The summed E-state index contributed by atoms with van der Waals surface area (Å²) in [5.74, 6) is 0.260. The van der Waals surface area contributed by atoms with Crippen LogP contribution in [0.4, 0.5) is 17.3 Å². The Morgan fingerprint density at radius 3 is 2.74 bits per heavy atom. The Labute approximate surface area is 204 Å². The van der Waals surface area contributed by atoms with Crippen LogP contribution in [0.5, 0.6) is 0 Å². The van der Waals surface area contributed by atoms with Crippen molar-refractivity contribution in [2.45, 2.75) is 13.0 Å². The number of carbonyl (C=O) groups is 1. The highest BCUT2D eigenvalue weighted by Gasteiger charge is 2.37. The number of pyridine rings is 1. The molecule has 0 saturated heterocycles. The van der Waals surface area contributed by atoms with Crippen molar-refractivity contribution in [3.05, 3.63) is 105 Å². The number of benzene rings is 2. The third-order valence-electron chi connectivity index (χ3n) is 5.53. The number of aromatic nitrogens is 4. The summed E-state index contributed by atoms with van der Waals surface area (Å²) in [4.78, 5) is 33.5. The van der Waals surface area contributed by atoms with Crippen molar-refractivity contribution in [1.82, 2.24) is 19.7 Å². The summed E-state index contributed by atoms with van der Waals surface area (Å²) >= 11 is 6.15. The summed E-state index contributed by atoms with van der Waals surface area (Å²) in [6.45, 7) is 1.72. The predicted molar refractivity (Wildman–Crippen MR) is 131 cm³/mol. The second-order valence-electron chi connectivity index (χ2n) is 7.79. The van der Waals surface area contributed by atoms with Crippen molar-refractivity contribution in [3.63, 3.8) is 0 Å². The van der Waals surface area contributed by atoms with E-state index < -0.39 is 16.9 Å². The highest BCUT2D eigenvalue weighted by atomic mass is 35.5. The van der Waals surface area contributed by atoms with Gasteiger partial charge in [-0.2, -0.15) is 4.98 Å². The number of nitro benzene ring substituents is 1. The number of allylic oxidation sites excluding steroid dienone is 1. The van der Waals surface area contributed by atoms with Gasteiger partial charge in [0, 0.05) is 28.5 Å². The van der Waals surface area contributed by atoms with E-state index in [9.17, 15) is 14.9 Å². The fourth-order valence-corrected chi connectivity index (χ4v) is 4.19. The van der Waals surface area contributed by atoms with Crippen LogP contribution in [-0.2, 0) is 4.79 Å². The number of amides is 1. The molecule has 0 radical (unpaired) electrons. The predicted octanol–water partition coefficient (Wildman–Crippen LogP) is 4.83. The van der Waals surface area contributed by atoms with Gasteiger partial charge in [0.15, 0.2) is 5.82 Å². The highest BCUT2D eigenvalue weighted by molar-refractivity contribution is 6.30. The van der Waals surface area contributed by atoms with Gasteiger partial charge in [-0.3, -0.25) is 19.9 Å². The smallest absolute Gasteiger partial charge is 0.275 e. The first-order valence-corrected chi connectivity index (χ1v) is 10.9. The topological polar surface area (TPSA) is 128 Å². The standard InChI is InChI=1S/C24H18ClN7O3/c1-14-20(23(33)28-17-8-5-11-26-13-17)21(18-9-2-3-10-19(18)32(34)35)31-24(27-14)29-22(30-31)15-6-4-7-16(25)12-15/h2-13,21H,1H3,(H,28,33)(H,27,29,30). The van der Waals surface area contributed by atoms with Crippen molar-refractivity contribution in [2.24, 2.45) is 0 Å². The average molecular weight is 488 g/mol. The summed E-state index contributed by atoms with van der Waals surface area (Å²) < 4.78 is 1.49. The molecule has 0 aliphatic carbocycles. The Morgan fingerprint density at radius 2 is 2.00 bits per heavy atom. The normalized spacial score (nSPS) is 14.7. The third-order valence-corrected chi connectivity index (χ3v) is 5.76. The monoisotopic (exact) mass is 487 g/mol. The van der Waals surface area contributed by atoms with Crippen LogP contribution < -0.4 is 10.6 Å². The number of hydrogen-bond donors (Lipinski definition) is 2. The molecule has 1 aliphatic rings. The van der Waals surface area contributed by atoms with Crippen LogP contribution in [0.15, 0.2) is 84.3 Å². The molecule has 2 N–H and O–H groups in total. The molecule has 5 rings (SSSR count). The van der Waals surface area contributed by atoms with Crippen LogP contribution in [0.3, 0.4) is 0 Å². The minimum atomic E-state index is -0.912. The largest absolute Gasteiger partial charge is 0.328 e. The molecule has 174 valence electrons. The summed E-state index contributed by atoms with van der Waals surface area (Å²) in [6, 6.07) is 15.8. The molecule has 1 amide bonds. The van der Waals surface area contributed by atoms with E-state index in [0.29, 0.717) is 39.3 Å². The summed E-state index contributed by atoms with van der Waals surface area (Å²) in [5, 5.41) is 23.0. The molecular weight excluding hydrogens is 470 g/mol. The zero-order chi connectivity index (χ0) is 24.5. The molecule has 35 heavy (non-hydrogen) atoms. The Kier molecular flexibility index (Phi) is 5.71. The quantitative estimate of drug-likeness (QED) is 0.305. The summed E-state index contributed by atoms with van der Waals surface area (Å²) in [5.41, 5.74) is 2.08. The lowest BCUT2D eigenvalue weighted by Crippen LogP contribution is -2.32. The Bertz CT molecular complexity index is 1480. The fraction of sp³-hybridized carbons (Fsp3) is 0.0833. The van der Waals surface area contributed by atoms with Crippen LogP contribution in [0.1, 0.15) is 18.5 Å². The van der Waals surface area contributed by atoms with E-state index in [1.807, 2.05) is 6.07 Å². The SMILES string of the molecule is CC1=C(C(=O)Nc2cccnc2)C(c2ccccc2[N+](=O)[O-])n2nc(-c3cccc(Cl)c3)nc2N1. The number of nitrogens with one attached hydrogen (secondary N) is 2. The number of anilines is 2. The molecule has 0 spiro atoms. The number of carbonyl (C=O) groups excluding carboxylic acids is 1. The van der Waals surface area contributed by atoms with E-state index in [1.54, 1.807) is 61.7 Å². The van der Waals surface area contributed by atoms with E-state index in [0.717, 1.165) is 0 Å². The first kappa shape index (κ1) is 22.2. The van der Waals surface area contributed by atoms with E-state index in [1.165, 1.54) is 16.9 Å². The zero-order valence-electron chi connectivity index (χ0n) is 18.3. The summed E-state index contributed by atoms with van der Waals surface area (Å²) in [6.07, 6.45) is 3.11. The van der Waals surface area contributed by atoms with Crippen LogP contribution in [-0.4, -0.2) is 30.6 Å². The third kappa shape index (κ3) is 4.22. The van der Waals surface area contributed by atoms with E-state index >= 15 is 0 Å². The van der Waals surface area contributed by atoms with E-state index in [4.69, 9.17) is 11.6 Å². The van der Waals surface area contributed by atoms with Gasteiger partial charge < -0.3 is 10.6 Å². The van der Waals surface area contributed by atoms with Crippen molar-refractivity contribution in [3.8, 4) is 11.4 Å². The van der Waals surface area contributed by atoms with Crippen LogP contribution >= 0.6 is 11.6 Å². The van der Waals surface area contributed by atoms with Crippen molar-refractivity contribution >= 4 is 34.8 Å². The maximum absolute atomic E-state index is 13.5. The van der Waals surface area contributed by atoms with Gasteiger partial charge in [-0.1, -0.05) is 35.9 Å². The van der Waals surface area contributed by atoms with Gasteiger partial charge in [0.05, 0.1) is 27.9 Å². The number of para-hydroxylation sites is 1. The summed E-state index contributed by atoms with van der Waals surface area (Å²) in [7, 11) is 0. The van der Waals surface area contributed by atoms with Gasteiger partial charge in [-0.25, -0.2) is 4.68 Å². The second-order valence-corrected chi connectivity index (χ2v) is 8.23. The van der Waals surface area contributed by atoms with Crippen LogP contribution in [0.2, 0.25) is 5.02 Å². The van der Waals surface area contributed by atoms with Gasteiger partial charge in [0.1, 0.15) is 6.04 Å². The molecule has 1 unspecified atom stereocenters. The first-order valence-electron chi connectivity index (χ1n) is 10.6. The fourth-order valence-electron chi connectivity index (χ4n) is 4.00. The zero-order valence-corrected chi connectivity index (χ0v) is 19.1. The van der Waals surface area contributed by atoms with Gasteiger partial charge in [0.25, 0.3) is 11.6 Å². The molecule has 0 fully saturated rings. The number of rotatable bonds is 5. The minimum Gasteiger partial charge on any atom is -0.328 e. The molecule has 2 aromatic carbocycles. The lowest BCUT2D eigenvalue weighted by atomic mass is 9.93. The molecule has 0 saturated carbocycles. The highest BCUT2D eigenvalue weighted by Crippen LogP contribution is 2.40. The first-order chi connectivity index (χ1) is 16.9. The van der Waals surface area contributed by atoms with Crippen molar-refractivity contribution in [2.75, 3.05) is 10.6 Å². The van der Waals surface area contributed by atoms with Gasteiger partial charge in [-0.05, 0) is 37.3 Å². The van der Waals surface area contributed by atoms with Crippen LogP contribution in [0.25, 0.3) is 11.4 Å². The molecule has 11 heteroatoms. The van der Waals surface area contributed by atoms with Crippen molar-refractivity contribution in [1.29, 1.82) is 0 Å². The Balaban J connectivity index is 1.67. The molecular formula is C24H18ClN7O3. The molecule has 1 aliphatic heterocycles. The van der Waals surface area contributed by atoms with Gasteiger partial charge in [-0.15, -0.1) is 5.10 Å². The van der Waals surface area contributed by atoms with Crippen LogP contribution in [0, 0.1) is 10.1 Å². The molecule has 0 bridgehead atoms. The van der Waals surface area contributed by atoms with Gasteiger partial charge >= 0.3 is 0 Å². The Hall–Kier alpha value is -4.57. The molecule has 3 heterocycles. The van der Waals surface area contributed by atoms with Gasteiger partial charge in [0.2, 0.25) is 5.95 Å². The maximum atomic E-state index is 13.5. The molecule has 1 atom stereocenters. The van der Waals surface area contributed by atoms with E-state index in [2.05, 4.69) is 25.7 Å². The number of fused-ring (bicyclic) bond motifs is 1. The molecule has 10 nitrogen and oxygen atoms in total. The number of nitrogens with zero attached hydrogens (tertiary/aromatic N) is 5. The lowest BCUT2D eigenvalue weighted by Gasteiger charge is -2.28.